The maximum Gasteiger partial charge on any atom is 0.152 e. The van der Waals surface area contributed by atoms with E-state index in [0.717, 1.165) is 0 Å². The lowest BCUT2D eigenvalue weighted by Gasteiger charge is -2.11. The number of rotatable bonds is 2. The lowest BCUT2D eigenvalue weighted by molar-refractivity contribution is 0.549. The number of nitrogens with one attached hydrogen (secondary N) is 1. The fraction of sp³-hybridized carbons (Fsp3) is 0. The molecule has 0 amide bonds. The molecular formula is C13H6BrF3N2. The van der Waals surface area contributed by atoms with Crippen LogP contribution in [-0.2, 0) is 0 Å². The zero-order valence-corrected chi connectivity index (χ0v) is 10.9. The third kappa shape index (κ3) is 2.71. The number of hydrogen-bond donors (Lipinski definition) is 1. The molecule has 0 saturated carbocycles. The summed E-state index contributed by atoms with van der Waals surface area (Å²) in [4.78, 5) is 0. The van der Waals surface area contributed by atoms with Crippen LogP contribution in [0.2, 0.25) is 0 Å². The van der Waals surface area contributed by atoms with E-state index in [1.807, 2.05) is 6.07 Å². The Bertz CT molecular complexity index is 657. The average molecular weight is 327 g/mol. The molecule has 2 rings (SSSR count). The van der Waals surface area contributed by atoms with E-state index in [2.05, 4.69) is 21.2 Å². The molecule has 0 aromatic heterocycles. The molecule has 19 heavy (non-hydrogen) atoms. The van der Waals surface area contributed by atoms with Gasteiger partial charge in [-0.25, -0.2) is 13.2 Å². The van der Waals surface area contributed by atoms with Gasteiger partial charge in [0.2, 0.25) is 0 Å². The van der Waals surface area contributed by atoms with E-state index in [1.54, 1.807) is 12.1 Å². The zero-order chi connectivity index (χ0) is 14.0. The van der Waals surface area contributed by atoms with Gasteiger partial charge in [0.15, 0.2) is 11.6 Å². The van der Waals surface area contributed by atoms with Gasteiger partial charge < -0.3 is 5.32 Å². The molecule has 0 atom stereocenters. The lowest BCUT2D eigenvalue weighted by Crippen LogP contribution is -2.00. The Morgan fingerprint density at radius 2 is 1.74 bits per heavy atom. The maximum absolute atomic E-state index is 13.5. The summed E-state index contributed by atoms with van der Waals surface area (Å²) in [6.45, 7) is 0. The number of hydrogen-bond acceptors (Lipinski definition) is 2. The summed E-state index contributed by atoms with van der Waals surface area (Å²) >= 11 is 3.16. The number of nitrogens with zero attached hydrogens (tertiary/aromatic N) is 1. The minimum Gasteiger partial charge on any atom is -0.350 e. The van der Waals surface area contributed by atoms with Crippen LogP contribution in [0.15, 0.2) is 34.8 Å². The van der Waals surface area contributed by atoms with Crippen LogP contribution in [0.5, 0.6) is 0 Å². The van der Waals surface area contributed by atoms with E-state index >= 15 is 0 Å². The molecular weight excluding hydrogens is 321 g/mol. The van der Waals surface area contributed by atoms with Crippen molar-refractivity contribution in [3.63, 3.8) is 0 Å². The first-order chi connectivity index (χ1) is 9.02. The van der Waals surface area contributed by atoms with E-state index in [1.165, 1.54) is 6.07 Å². The summed E-state index contributed by atoms with van der Waals surface area (Å²) in [6.07, 6.45) is 0. The van der Waals surface area contributed by atoms with E-state index in [9.17, 15) is 13.2 Å². The number of anilines is 2. The number of benzene rings is 2. The van der Waals surface area contributed by atoms with Crippen LogP contribution in [0.1, 0.15) is 5.56 Å². The molecule has 0 heterocycles. The van der Waals surface area contributed by atoms with Gasteiger partial charge in [0.1, 0.15) is 17.6 Å². The van der Waals surface area contributed by atoms with Gasteiger partial charge in [0.25, 0.3) is 0 Å². The first-order valence-corrected chi connectivity index (χ1v) is 5.92. The van der Waals surface area contributed by atoms with Gasteiger partial charge in [-0.15, -0.1) is 0 Å². The van der Waals surface area contributed by atoms with Gasteiger partial charge in [-0.2, -0.15) is 5.26 Å². The second kappa shape index (κ2) is 5.33. The SMILES string of the molecule is N#Cc1c(Br)cccc1Nc1c(F)cc(F)cc1F. The molecule has 0 saturated heterocycles. The van der Waals surface area contributed by atoms with Gasteiger partial charge in [-0.1, -0.05) is 6.07 Å². The second-order valence-electron chi connectivity index (χ2n) is 3.64. The van der Waals surface area contributed by atoms with Gasteiger partial charge in [-0.05, 0) is 28.1 Å². The molecule has 0 radical (unpaired) electrons. The molecule has 0 aliphatic carbocycles. The molecule has 0 bridgehead atoms. The lowest BCUT2D eigenvalue weighted by atomic mass is 10.2. The van der Waals surface area contributed by atoms with Crippen LogP contribution in [0, 0.1) is 28.8 Å². The van der Waals surface area contributed by atoms with Crippen molar-refractivity contribution in [1.82, 2.24) is 0 Å². The summed E-state index contributed by atoms with van der Waals surface area (Å²) in [6, 6.07) is 7.76. The molecule has 2 aromatic carbocycles. The molecule has 0 aliphatic rings. The fourth-order valence-electron chi connectivity index (χ4n) is 1.54. The standard InChI is InChI=1S/C13H6BrF3N2/c14-9-2-1-3-12(8(9)6-18)19-13-10(16)4-7(15)5-11(13)17/h1-5,19H. The molecule has 0 unspecified atom stereocenters. The topological polar surface area (TPSA) is 35.8 Å². The van der Waals surface area contributed by atoms with Gasteiger partial charge >= 0.3 is 0 Å². The Morgan fingerprint density at radius 3 is 2.32 bits per heavy atom. The quantitative estimate of drug-likeness (QED) is 0.883. The highest BCUT2D eigenvalue weighted by molar-refractivity contribution is 9.10. The summed E-state index contributed by atoms with van der Waals surface area (Å²) in [5.74, 6) is -3.14. The van der Waals surface area contributed by atoms with Gasteiger partial charge in [0.05, 0.1) is 11.3 Å². The molecule has 2 nitrogen and oxygen atoms in total. The summed E-state index contributed by atoms with van der Waals surface area (Å²) in [5.41, 5.74) is -0.0806. The van der Waals surface area contributed by atoms with Crippen LogP contribution in [0.25, 0.3) is 0 Å². The molecule has 2 aromatic rings. The van der Waals surface area contributed by atoms with Crippen LogP contribution in [-0.4, -0.2) is 0 Å². The summed E-state index contributed by atoms with van der Waals surface area (Å²) in [5, 5.41) is 11.5. The van der Waals surface area contributed by atoms with E-state index in [4.69, 9.17) is 5.26 Å². The maximum atomic E-state index is 13.5. The van der Waals surface area contributed by atoms with E-state index in [0.29, 0.717) is 16.6 Å². The van der Waals surface area contributed by atoms with Crippen molar-refractivity contribution in [3.05, 3.63) is 57.8 Å². The van der Waals surface area contributed by atoms with Crippen molar-refractivity contribution in [3.8, 4) is 6.07 Å². The largest absolute Gasteiger partial charge is 0.350 e. The van der Waals surface area contributed by atoms with Crippen LogP contribution in [0.4, 0.5) is 24.5 Å². The van der Waals surface area contributed by atoms with Crippen molar-refractivity contribution in [1.29, 1.82) is 5.26 Å². The highest BCUT2D eigenvalue weighted by Crippen LogP contribution is 2.29. The minimum absolute atomic E-state index is 0.200. The molecule has 0 fully saturated rings. The Hall–Kier alpha value is -2.00. The predicted molar refractivity (Wildman–Crippen MR) is 68.5 cm³/mol. The summed E-state index contributed by atoms with van der Waals surface area (Å²) < 4.78 is 40.3. The number of halogens is 4. The minimum atomic E-state index is -1.07. The van der Waals surface area contributed by atoms with Crippen molar-refractivity contribution in [2.24, 2.45) is 0 Å². The van der Waals surface area contributed by atoms with Crippen LogP contribution < -0.4 is 5.32 Å². The molecule has 0 spiro atoms. The van der Waals surface area contributed by atoms with Crippen molar-refractivity contribution < 1.29 is 13.2 Å². The monoisotopic (exact) mass is 326 g/mol. The van der Waals surface area contributed by atoms with Crippen molar-refractivity contribution in [2.75, 3.05) is 5.32 Å². The smallest absolute Gasteiger partial charge is 0.152 e. The Labute approximate surface area is 115 Å². The molecule has 0 aliphatic heterocycles. The van der Waals surface area contributed by atoms with Crippen LogP contribution >= 0.6 is 15.9 Å². The Balaban J connectivity index is 2.49. The van der Waals surface area contributed by atoms with Gasteiger partial charge in [0, 0.05) is 16.6 Å². The first kappa shape index (κ1) is 13.4. The molecule has 6 heteroatoms. The zero-order valence-electron chi connectivity index (χ0n) is 9.35. The highest BCUT2D eigenvalue weighted by Gasteiger charge is 2.14. The average Bonchev–Trinajstić information content (AvgIpc) is 2.34. The summed E-state index contributed by atoms with van der Waals surface area (Å²) in [7, 11) is 0. The Morgan fingerprint density at radius 1 is 1.11 bits per heavy atom. The normalized spacial score (nSPS) is 10.1. The molecule has 96 valence electrons. The third-order valence-corrected chi connectivity index (χ3v) is 3.05. The van der Waals surface area contributed by atoms with Gasteiger partial charge in [-0.3, -0.25) is 0 Å². The number of nitriles is 1. The van der Waals surface area contributed by atoms with Crippen molar-refractivity contribution >= 4 is 27.3 Å². The highest BCUT2D eigenvalue weighted by atomic mass is 79.9. The third-order valence-electron chi connectivity index (χ3n) is 2.39. The van der Waals surface area contributed by atoms with E-state index in [-0.39, 0.29) is 11.3 Å². The fourth-order valence-corrected chi connectivity index (χ4v) is 1.99. The van der Waals surface area contributed by atoms with E-state index < -0.39 is 23.1 Å². The van der Waals surface area contributed by atoms with Crippen molar-refractivity contribution in [2.45, 2.75) is 0 Å². The predicted octanol–water partition coefficient (Wildman–Crippen LogP) is 4.48. The Kier molecular flexibility index (Phi) is 3.76. The second-order valence-corrected chi connectivity index (χ2v) is 4.50. The first-order valence-electron chi connectivity index (χ1n) is 5.13. The van der Waals surface area contributed by atoms with Crippen LogP contribution in [0.3, 0.4) is 0 Å². The molecule has 1 N–H and O–H groups in total.